The fraction of sp³-hybridized carbons (Fsp3) is 0.556. The summed E-state index contributed by atoms with van der Waals surface area (Å²) < 4.78 is 15.7. The van der Waals surface area contributed by atoms with Crippen LogP contribution in [0.2, 0.25) is 0 Å². The molecule has 3 nitrogen and oxygen atoms in total. The van der Waals surface area contributed by atoms with E-state index in [1.165, 1.54) is 0 Å². The molecule has 2 aliphatic heterocycles. The van der Waals surface area contributed by atoms with E-state index in [0.717, 1.165) is 90.9 Å². The van der Waals surface area contributed by atoms with E-state index >= 15 is 4.39 Å². The lowest BCUT2D eigenvalue weighted by Crippen LogP contribution is -2.28. The Bertz CT molecular complexity index is 852. The molecule has 170 valence electrons. The van der Waals surface area contributed by atoms with Gasteiger partial charge in [0.15, 0.2) is 5.82 Å². The number of hydrogen-bond acceptors (Lipinski definition) is 3. The topological polar surface area (TPSA) is 18.5 Å². The molecular weight excluding hydrogens is 385 g/mol. The van der Waals surface area contributed by atoms with Crippen molar-refractivity contribution >= 4 is 22.6 Å². The fourth-order valence-corrected chi connectivity index (χ4v) is 4.31. The molecule has 0 bridgehead atoms. The van der Waals surface area contributed by atoms with Crippen molar-refractivity contribution in [2.24, 2.45) is 0 Å². The first-order chi connectivity index (χ1) is 15.0. The Labute approximate surface area is 189 Å². The molecule has 0 spiro atoms. The van der Waals surface area contributed by atoms with Crippen molar-refractivity contribution in [3.63, 3.8) is 0 Å². The molecule has 4 rings (SSSR count). The second-order valence-electron chi connectivity index (χ2n) is 8.21. The number of allylic oxidation sites excluding steroid dienone is 2. The fourth-order valence-electron chi connectivity index (χ4n) is 4.31. The Morgan fingerprint density at radius 2 is 1.81 bits per heavy atom. The molecule has 3 aliphatic rings. The van der Waals surface area contributed by atoms with Crippen molar-refractivity contribution < 1.29 is 4.39 Å². The number of unbranched alkanes of at least 4 members (excludes halogenated alkanes) is 1. The molecule has 1 aromatic carbocycles. The highest BCUT2D eigenvalue weighted by Crippen LogP contribution is 2.50. The van der Waals surface area contributed by atoms with Crippen LogP contribution in [0.15, 0.2) is 18.4 Å². The van der Waals surface area contributed by atoms with Crippen LogP contribution in [0.25, 0.3) is 5.57 Å². The summed E-state index contributed by atoms with van der Waals surface area (Å²) in [6.07, 6.45) is 13.6. The number of fused-ring (bicyclic) bond motifs is 1. The number of hydrogen-bond donors (Lipinski definition) is 1. The van der Waals surface area contributed by atoms with E-state index in [1.807, 2.05) is 27.8 Å². The van der Waals surface area contributed by atoms with Crippen LogP contribution in [-0.4, -0.2) is 26.2 Å². The van der Waals surface area contributed by atoms with E-state index in [-0.39, 0.29) is 5.82 Å². The van der Waals surface area contributed by atoms with Gasteiger partial charge in [-0.1, -0.05) is 27.4 Å². The van der Waals surface area contributed by atoms with Gasteiger partial charge in [-0.25, -0.2) is 4.39 Å². The second-order valence-corrected chi connectivity index (χ2v) is 8.21. The molecule has 2 heterocycles. The number of anilines is 3. The van der Waals surface area contributed by atoms with Gasteiger partial charge in [-0.3, -0.25) is 0 Å². The normalized spacial score (nSPS) is 17.0. The maximum atomic E-state index is 15.7. The minimum absolute atomic E-state index is 0.0693. The Morgan fingerprint density at radius 1 is 1.19 bits per heavy atom. The van der Waals surface area contributed by atoms with Crippen molar-refractivity contribution in [1.29, 1.82) is 0 Å². The molecule has 1 saturated carbocycles. The molecule has 1 saturated heterocycles. The molecule has 0 atom stereocenters. The van der Waals surface area contributed by atoms with Gasteiger partial charge in [0.25, 0.3) is 0 Å². The van der Waals surface area contributed by atoms with Gasteiger partial charge in [-0.2, -0.15) is 0 Å². The van der Waals surface area contributed by atoms with Gasteiger partial charge in [-0.05, 0) is 62.7 Å². The van der Waals surface area contributed by atoms with Gasteiger partial charge in [0.1, 0.15) is 0 Å². The standard InChI is InChI=1S/C20H26FN3.C5H8.C2H6/c1-12-11-24(15-7-8-15)20-16(13(12)2)18(22-4)14(3)19(17(20)21)23-9-5-6-10-23;1-3-5-4-2;1-2/h11,15,22H,2,5-10H2,1,3-4H3;1H,4-5H2,2H3;1-2H3. The first kappa shape index (κ1) is 24.9. The molecule has 0 aromatic heterocycles. The van der Waals surface area contributed by atoms with Gasteiger partial charge < -0.3 is 15.1 Å². The van der Waals surface area contributed by atoms with Crippen LogP contribution in [0.5, 0.6) is 0 Å². The molecule has 0 radical (unpaired) electrons. The largest absolute Gasteiger partial charge is 0.387 e. The van der Waals surface area contributed by atoms with Crippen LogP contribution in [0.4, 0.5) is 21.5 Å². The van der Waals surface area contributed by atoms with Crippen molar-refractivity contribution in [3.8, 4) is 12.3 Å². The number of nitrogens with one attached hydrogen (secondary N) is 1. The zero-order valence-electron chi connectivity index (χ0n) is 20.4. The number of terminal acetylenes is 1. The van der Waals surface area contributed by atoms with E-state index in [2.05, 4.69) is 47.7 Å². The van der Waals surface area contributed by atoms with E-state index in [4.69, 9.17) is 6.42 Å². The van der Waals surface area contributed by atoms with Crippen LogP contribution < -0.4 is 15.1 Å². The summed E-state index contributed by atoms with van der Waals surface area (Å²) in [6.45, 7) is 16.3. The van der Waals surface area contributed by atoms with Crippen molar-refractivity contribution in [3.05, 3.63) is 35.3 Å². The Morgan fingerprint density at radius 3 is 2.26 bits per heavy atom. The lowest BCUT2D eigenvalue weighted by molar-refractivity contribution is 0.617. The van der Waals surface area contributed by atoms with Gasteiger partial charge >= 0.3 is 0 Å². The van der Waals surface area contributed by atoms with Crippen LogP contribution in [0.3, 0.4) is 0 Å². The summed E-state index contributed by atoms with van der Waals surface area (Å²) in [5.74, 6) is 2.45. The molecule has 0 unspecified atom stereocenters. The Balaban J connectivity index is 0.000000432. The average Bonchev–Trinajstić information content (AvgIpc) is 3.48. The van der Waals surface area contributed by atoms with Gasteiger partial charge in [0.2, 0.25) is 0 Å². The predicted octanol–water partition coefficient (Wildman–Crippen LogP) is 7.12. The van der Waals surface area contributed by atoms with Crippen LogP contribution in [0, 0.1) is 25.1 Å². The SMILES string of the molecule is C#CCCC.C=C1C(C)=CN(C2CC2)c2c(F)c(N3CCCC3)c(C)c(NC)c21.CC. The second kappa shape index (κ2) is 11.3. The third kappa shape index (κ3) is 5.09. The number of rotatable bonds is 4. The summed E-state index contributed by atoms with van der Waals surface area (Å²) in [5.41, 5.74) is 6.53. The van der Waals surface area contributed by atoms with E-state index in [0.29, 0.717) is 6.04 Å². The molecule has 1 aromatic rings. The van der Waals surface area contributed by atoms with Crippen molar-refractivity contribution in [2.75, 3.05) is 35.3 Å². The lowest BCUT2D eigenvalue weighted by atomic mass is 9.90. The van der Waals surface area contributed by atoms with Crippen LogP contribution >= 0.6 is 0 Å². The zero-order valence-corrected chi connectivity index (χ0v) is 20.4. The van der Waals surface area contributed by atoms with Gasteiger partial charge in [0.05, 0.1) is 11.4 Å². The average molecular weight is 426 g/mol. The first-order valence-electron chi connectivity index (χ1n) is 11.8. The summed E-state index contributed by atoms with van der Waals surface area (Å²) >= 11 is 0. The zero-order chi connectivity index (χ0) is 23.1. The van der Waals surface area contributed by atoms with Crippen molar-refractivity contribution in [1.82, 2.24) is 0 Å². The Kier molecular flexibility index (Phi) is 9.04. The quantitative estimate of drug-likeness (QED) is 0.518. The van der Waals surface area contributed by atoms with Crippen LogP contribution in [0.1, 0.15) is 77.3 Å². The summed E-state index contributed by atoms with van der Waals surface area (Å²) in [7, 11) is 1.93. The number of halogens is 1. The molecule has 4 heteroatoms. The highest BCUT2D eigenvalue weighted by atomic mass is 19.1. The Hall–Kier alpha value is -2.41. The predicted molar refractivity (Wildman–Crippen MR) is 136 cm³/mol. The number of benzene rings is 1. The monoisotopic (exact) mass is 425 g/mol. The molecular formula is C27H40FN3. The highest BCUT2D eigenvalue weighted by molar-refractivity contribution is 5.98. The maximum absolute atomic E-state index is 15.7. The van der Waals surface area contributed by atoms with Gasteiger partial charge in [0, 0.05) is 50.1 Å². The molecule has 0 amide bonds. The van der Waals surface area contributed by atoms with Crippen LogP contribution in [-0.2, 0) is 0 Å². The third-order valence-electron chi connectivity index (χ3n) is 6.01. The lowest BCUT2D eigenvalue weighted by Gasteiger charge is -2.35. The molecule has 31 heavy (non-hydrogen) atoms. The maximum Gasteiger partial charge on any atom is 0.171 e. The summed E-state index contributed by atoms with van der Waals surface area (Å²) in [4.78, 5) is 4.37. The van der Waals surface area contributed by atoms with Crippen molar-refractivity contribution in [2.45, 2.75) is 79.2 Å². The summed E-state index contributed by atoms with van der Waals surface area (Å²) in [6, 6.07) is 0.431. The minimum atomic E-state index is -0.0693. The highest BCUT2D eigenvalue weighted by Gasteiger charge is 2.38. The first-order valence-corrected chi connectivity index (χ1v) is 11.8. The minimum Gasteiger partial charge on any atom is -0.387 e. The van der Waals surface area contributed by atoms with E-state index < -0.39 is 0 Å². The molecule has 2 fully saturated rings. The molecule has 1 N–H and O–H groups in total. The van der Waals surface area contributed by atoms with Gasteiger partial charge in [-0.15, -0.1) is 12.3 Å². The number of nitrogens with zero attached hydrogens (tertiary/aromatic N) is 2. The third-order valence-corrected chi connectivity index (χ3v) is 6.01. The summed E-state index contributed by atoms with van der Waals surface area (Å²) in [5, 5.41) is 3.34. The smallest absolute Gasteiger partial charge is 0.171 e. The molecule has 1 aliphatic carbocycles. The van der Waals surface area contributed by atoms with E-state index in [1.54, 1.807) is 0 Å². The van der Waals surface area contributed by atoms with E-state index in [9.17, 15) is 0 Å².